The van der Waals surface area contributed by atoms with Gasteiger partial charge in [0.2, 0.25) is 0 Å². The molecule has 4 aromatic rings. The van der Waals surface area contributed by atoms with Crippen molar-refractivity contribution in [3.05, 3.63) is 82.8 Å². The van der Waals surface area contributed by atoms with E-state index >= 15 is 0 Å². The standard InChI is InChI=1S/C14H9ClFN3.C11H15NO/c1-8-2-4-11-13(17-7-18-14(11)19-8)10-5-3-9(15)6-12(10)16;1-9-8-10(5-6-12-9)11-4-2-3-7-13-11/h2-7H,1H3;5-6,8,11H,2-4,7H2,1H3. The summed E-state index contributed by atoms with van der Waals surface area (Å²) in [6.45, 7) is 4.81. The fraction of sp³-hybridized carbons (Fsp3) is 0.280. The minimum absolute atomic E-state index is 0.315. The van der Waals surface area contributed by atoms with Crippen LogP contribution in [0, 0.1) is 19.7 Å². The van der Waals surface area contributed by atoms with E-state index < -0.39 is 5.82 Å². The van der Waals surface area contributed by atoms with Crippen LogP contribution in [0.5, 0.6) is 0 Å². The van der Waals surface area contributed by atoms with E-state index in [0.29, 0.717) is 33.4 Å². The van der Waals surface area contributed by atoms with E-state index in [1.807, 2.05) is 32.2 Å². The van der Waals surface area contributed by atoms with Crippen LogP contribution in [0.2, 0.25) is 5.02 Å². The average molecular weight is 451 g/mol. The van der Waals surface area contributed by atoms with Gasteiger partial charge in [-0.15, -0.1) is 0 Å². The topological polar surface area (TPSA) is 60.8 Å². The summed E-state index contributed by atoms with van der Waals surface area (Å²) >= 11 is 5.76. The lowest BCUT2D eigenvalue weighted by atomic mass is 10.0. The normalized spacial score (nSPS) is 15.8. The fourth-order valence-corrected chi connectivity index (χ4v) is 3.86. The van der Waals surface area contributed by atoms with Crippen LogP contribution in [-0.2, 0) is 4.74 Å². The summed E-state index contributed by atoms with van der Waals surface area (Å²) in [6.07, 6.45) is 7.21. The van der Waals surface area contributed by atoms with Gasteiger partial charge in [0.25, 0.3) is 0 Å². The maximum Gasteiger partial charge on any atom is 0.163 e. The summed E-state index contributed by atoms with van der Waals surface area (Å²) in [4.78, 5) is 16.8. The highest BCUT2D eigenvalue weighted by Gasteiger charge is 2.15. The third-order valence-corrected chi connectivity index (χ3v) is 5.53. The molecule has 0 bridgehead atoms. The lowest BCUT2D eigenvalue weighted by molar-refractivity contribution is 0.0149. The van der Waals surface area contributed by atoms with Crippen molar-refractivity contribution in [3.8, 4) is 11.3 Å². The van der Waals surface area contributed by atoms with Gasteiger partial charge in [0.1, 0.15) is 12.1 Å². The van der Waals surface area contributed by atoms with Crippen molar-refractivity contribution in [1.82, 2.24) is 19.9 Å². The molecule has 1 unspecified atom stereocenters. The summed E-state index contributed by atoms with van der Waals surface area (Å²) in [5.74, 6) is -0.409. The Morgan fingerprint density at radius 2 is 1.84 bits per heavy atom. The second-order valence-corrected chi connectivity index (χ2v) is 8.19. The average Bonchev–Trinajstić information content (AvgIpc) is 2.80. The Hall–Kier alpha value is -2.96. The number of pyridine rings is 2. The van der Waals surface area contributed by atoms with E-state index in [2.05, 4.69) is 32.1 Å². The Balaban J connectivity index is 0.000000165. The number of ether oxygens (including phenoxy) is 1. The zero-order chi connectivity index (χ0) is 22.5. The highest BCUT2D eigenvalue weighted by atomic mass is 35.5. The number of rotatable bonds is 2. The number of hydrogen-bond donors (Lipinski definition) is 0. The van der Waals surface area contributed by atoms with Crippen LogP contribution >= 0.6 is 11.6 Å². The molecule has 1 atom stereocenters. The summed E-state index contributed by atoms with van der Waals surface area (Å²) in [6, 6.07) is 12.4. The summed E-state index contributed by atoms with van der Waals surface area (Å²) in [5, 5.41) is 1.07. The number of nitrogens with zero attached hydrogens (tertiary/aromatic N) is 4. The molecule has 0 spiro atoms. The monoisotopic (exact) mass is 450 g/mol. The number of halogens is 2. The van der Waals surface area contributed by atoms with E-state index in [1.165, 1.54) is 30.8 Å². The van der Waals surface area contributed by atoms with Gasteiger partial charge in [-0.2, -0.15) is 0 Å². The molecule has 0 aliphatic carbocycles. The Morgan fingerprint density at radius 1 is 0.969 bits per heavy atom. The van der Waals surface area contributed by atoms with E-state index in [4.69, 9.17) is 16.3 Å². The second-order valence-electron chi connectivity index (χ2n) is 7.76. The van der Waals surface area contributed by atoms with Crippen molar-refractivity contribution in [1.29, 1.82) is 0 Å². The first-order chi connectivity index (χ1) is 15.5. The molecule has 32 heavy (non-hydrogen) atoms. The number of benzene rings is 1. The predicted octanol–water partition coefficient (Wildman–Crippen LogP) is 6.42. The Bertz CT molecular complexity index is 1230. The van der Waals surface area contributed by atoms with Gasteiger partial charge in [-0.3, -0.25) is 4.98 Å². The van der Waals surface area contributed by atoms with Crippen LogP contribution in [0.4, 0.5) is 4.39 Å². The zero-order valence-electron chi connectivity index (χ0n) is 18.1. The van der Waals surface area contributed by atoms with Crippen LogP contribution < -0.4 is 0 Å². The molecular weight excluding hydrogens is 427 g/mol. The maximum absolute atomic E-state index is 14.0. The van der Waals surface area contributed by atoms with Crippen molar-refractivity contribution in [2.24, 2.45) is 0 Å². The molecule has 0 N–H and O–H groups in total. The first-order valence-electron chi connectivity index (χ1n) is 10.6. The van der Waals surface area contributed by atoms with Crippen molar-refractivity contribution in [2.75, 3.05) is 6.61 Å². The van der Waals surface area contributed by atoms with Crippen LogP contribution in [0.1, 0.15) is 42.3 Å². The molecule has 1 aliphatic heterocycles. The molecule has 1 aromatic carbocycles. The highest BCUT2D eigenvalue weighted by Crippen LogP contribution is 2.29. The van der Waals surface area contributed by atoms with Crippen molar-refractivity contribution in [3.63, 3.8) is 0 Å². The molecule has 0 radical (unpaired) electrons. The summed E-state index contributed by atoms with van der Waals surface area (Å²) in [5.41, 5.74) is 4.68. The van der Waals surface area contributed by atoms with E-state index in [1.54, 1.807) is 12.1 Å². The van der Waals surface area contributed by atoms with Crippen LogP contribution in [0.15, 0.2) is 55.0 Å². The van der Waals surface area contributed by atoms with Gasteiger partial charge in [-0.1, -0.05) is 11.6 Å². The van der Waals surface area contributed by atoms with Gasteiger partial charge >= 0.3 is 0 Å². The van der Waals surface area contributed by atoms with Gasteiger partial charge in [-0.05, 0) is 81.1 Å². The number of aryl methyl sites for hydroxylation is 2. The Morgan fingerprint density at radius 3 is 2.59 bits per heavy atom. The van der Waals surface area contributed by atoms with Gasteiger partial charge in [0.05, 0.1) is 11.8 Å². The fourth-order valence-electron chi connectivity index (χ4n) is 3.70. The van der Waals surface area contributed by atoms with Crippen molar-refractivity contribution < 1.29 is 9.13 Å². The van der Waals surface area contributed by atoms with Crippen LogP contribution in [0.3, 0.4) is 0 Å². The molecule has 0 amide bonds. The quantitative estimate of drug-likeness (QED) is 0.352. The van der Waals surface area contributed by atoms with E-state index in [9.17, 15) is 4.39 Å². The number of fused-ring (bicyclic) bond motifs is 1. The number of aromatic nitrogens is 4. The Labute approximate surface area is 191 Å². The minimum Gasteiger partial charge on any atom is -0.374 e. The molecule has 0 saturated carbocycles. The summed E-state index contributed by atoms with van der Waals surface area (Å²) < 4.78 is 19.7. The molecular formula is C25H24ClFN4O. The molecule has 3 aromatic heterocycles. The van der Waals surface area contributed by atoms with Gasteiger partial charge in [0.15, 0.2) is 5.65 Å². The zero-order valence-corrected chi connectivity index (χ0v) is 18.8. The molecule has 4 heterocycles. The molecule has 1 fully saturated rings. The number of hydrogen-bond acceptors (Lipinski definition) is 5. The van der Waals surface area contributed by atoms with Crippen LogP contribution in [-0.4, -0.2) is 26.5 Å². The molecule has 164 valence electrons. The van der Waals surface area contributed by atoms with Gasteiger partial charge < -0.3 is 4.74 Å². The smallest absolute Gasteiger partial charge is 0.163 e. The predicted molar refractivity (Wildman–Crippen MR) is 124 cm³/mol. The minimum atomic E-state index is -0.409. The van der Waals surface area contributed by atoms with Crippen LogP contribution in [0.25, 0.3) is 22.3 Å². The summed E-state index contributed by atoms with van der Waals surface area (Å²) in [7, 11) is 0. The highest BCUT2D eigenvalue weighted by molar-refractivity contribution is 6.30. The lowest BCUT2D eigenvalue weighted by Crippen LogP contribution is -2.11. The van der Waals surface area contributed by atoms with Gasteiger partial charge in [0, 0.05) is 40.2 Å². The third kappa shape index (κ3) is 5.26. The van der Waals surface area contributed by atoms with Gasteiger partial charge in [-0.25, -0.2) is 19.3 Å². The van der Waals surface area contributed by atoms with Crippen molar-refractivity contribution in [2.45, 2.75) is 39.2 Å². The molecule has 7 heteroatoms. The molecule has 1 aliphatic rings. The molecule has 5 nitrogen and oxygen atoms in total. The lowest BCUT2D eigenvalue weighted by Gasteiger charge is -2.22. The maximum atomic E-state index is 14.0. The van der Waals surface area contributed by atoms with Crippen molar-refractivity contribution >= 4 is 22.6 Å². The first kappa shape index (κ1) is 22.2. The van der Waals surface area contributed by atoms with E-state index in [-0.39, 0.29) is 0 Å². The molecule has 5 rings (SSSR count). The molecule has 1 saturated heterocycles. The SMILES string of the molecule is Cc1cc(C2CCCCO2)ccn1.Cc1ccc2c(-c3ccc(Cl)cc3F)ncnc2n1. The second kappa shape index (κ2) is 10.1. The largest absolute Gasteiger partial charge is 0.374 e. The third-order valence-electron chi connectivity index (χ3n) is 5.29. The Kier molecular flexibility index (Phi) is 7.02. The first-order valence-corrected chi connectivity index (χ1v) is 11.0. The van der Waals surface area contributed by atoms with E-state index in [0.717, 1.165) is 24.4 Å².